The van der Waals surface area contributed by atoms with Crippen molar-refractivity contribution in [3.63, 3.8) is 0 Å². The SMILES string of the molecule is O=C(O)C=Cc1ccc(Oc2c(-c3ccc(O)cc3)ccc3cc(O)ccc23)cc1. The van der Waals surface area contributed by atoms with Crippen LogP contribution in [0, 0.1) is 0 Å². The fourth-order valence-corrected chi connectivity index (χ4v) is 3.20. The largest absolute Gasteiger partial charge is 0.508 e. The number of phenolic OH excluding ortho intramolecular Hbond substituents is 2. The summed E-state index contributed by atoms with van der Waals surface area (Å²) in [4.78, 5) is 10.7. The van der Waals surface area contributed by atoms with Crippen LogP contribution in [0.15, 0.2) is 84.9 Å². The molecular weight excluding hydrogens is 380 g/mol. The van der Waals surface area contributed by atoms with Gasteiger partial charge in [-0.3, -0.25) is 0 Å². The summed E-state index contributed by atoms with van der Waals surface area (Å²) >= 11 is 0. The van der Waals surface area contributed by atoms with Gasteiger partial charge in [-0.25, -0.2) is 4.79 Å². The highest BCUT2D eigenvalue weighted by Crippen LogP contribution is 2.40. The van der Waals surface area contributed by atoms with E-state index in [9.17, 15) is 15.0 Å². The van der Waals surface area contributed by atoms with Crippen LogP contribution in [0.1, 0.15) is 5.56 Å². The summed E-state index contributed by atoms with van der Waals surface area (Å²) in [7, 11) is 0. The zero-order chi connectivity index (χ0) is 21.1. The van der Waals surface area contributed by atoms with Crippen molar-refractivity contribution in [1.29, 1.82) is 0 Å². The van der Waals surface area contributed by atoms with Crippen LogP contribution < -0.4 is 4.74 Å². The van der Waals surface area contributed by atoms with Crippen LogP contribution in [0.5, 0.6) is 23.0 Å². The number of benzene rings is 4. The maximum Gasteiger partial charge on any atom is 0.328 e. The normalized spacial score (nSPS) is 11.1. The first-order valence-electron chi connectivity index (χ1n) is 9.24. The Morgan fingerprint density at radius 2 is 1.50 bits per heavy atom. The number of aliphatic carboxylic acids is 1. The lowest BCUT2D eigenvalue weighted by Gasteiger charge is -2.15. The molecule has 0 radical (unpaired) electrons. The molecule has 0 bridgehead atoms. The molecule has 0 saturated carbocycles. The molecule has 4 aromatic carbocycles. The molecule has 0 unspecified atom stereocenters. The van der Waals surface area contributed by atoms with Crippen LogP contribution in [0.4, 0.5) is 0 Å². The second kappa shape index (κ2) is 8.01. The number of ether oxygens (including phenoxy) is 1. The number of carbonyl (C=O) groups is 1. The predicted octanol–water partition coefficient (Wildman–Crippen LogP) is 5.81. The van der Waals surface area contributed by atoms with Gasteiger partial charge in [-0.15, -0.1) is 0 Å². The van der Waals surface area contributed by atoms with E-state index in [0.29, 0.717) is 11.5 Å². The van der Waals surface area contributed by atoms with E-state index < -0.39 is 5.97 Å². The zero-order valence-electron chi connectivity index (χ0n) is 15.8. The van der Waals surface area contributed by atoms with Gasteiger partial charge in [0.15, 0.2) is 0 Å². The predicted molar refractivity (Wildman–Crippen MR) is 116 cm³/mol. The second-order valence-corrected chi connectivity index (χ2v) is 6.74. The monoisotopic (exact) mass is 398 g/mol. The first kappa shape index (κ1) is 19.1. The maximum atomic E-state index is 10.7. The molecule has 5 nitrogen and oxygen atoms in total. The van der Waals surface area contributed by atoms with Crippen LogP contribution in [-0.2, 0) is 4.79 Å². The topological polar surface area (TPSA) is 87.0 Å². The van der Waals surface area contributed by atoms with Gasteiger partial charge in [-0.05, 0) is 71.1 Å². The van der Waals surface area contributed by atoms with Crippen molar-refractivity contribution in [3.8, 4) is 34.1 Å². The minimum absolute atomic E-state index is 0.167. The molecule has 4 aromatic rings. The van der Waals surface area contributed by atoms with Crippen LogP contribution in [0.3, 0.4) is 0 Å². The average Bonchev–Trinajstić information content (AvgIpc) is 2.74. The molecule has 5 heteroatoms. The van der Waals surface area contributed by atoms with E-state index in [0.717, 1.165) is 33.5 Å². The van der Waals surface area contributed by atoms with Crippen LogP contribution >= 0.6 is 0 Å². The minimum atomic E-state index is -1.01. The number of phenols is 2. The molecule has 0 amide bonds. The van der Waals surface area contributed by atoms with Crippen molar-refractivity contribution in [3.05, 3.63) is 90.5 Å². The summed E-state index contributed by atoms with van der Waals surface area (Å²) in [5.74, 6) is 0.542. The Kier molecular flexibility index (Phi) is 5.09. The summed E-state index contributed by atoms with van der Waals surface area (Å²) in [6.45, 7) is 0. The van der Waals surface area contributed by atoms with Gasteiger partial charge in [0.1, 0.15) is 23.0 Å². The van der Waals surface area contributed by atoms with E-state index in [2.05, 4.69) is 0 Å². The van der Waals surface area contributed by atoms with Crippen molar-refractivity contribution in [2.45, 2.75) is 0 Å². The Morgan fingerprint density at radius 3 is 2.20 bits per heavy atom. The van der Waals surface area contributed by atoms with Gasteiger partial charge in [0.2, 0.25) is 0 Å². The highest BCUT2D eigenvalue weighted by Gasteiger charge is 2.13. The quantitative estimate of drug-likeness (QED) is 0.369. The molecule has 30 heavy (non-hydrogen) atoms. The highest BCUT2D eigenvalue weighted by atomic mass is 16.5. The number of carboxylic acid groups (broad SMARTS) is 1. The van der Waals surface area contributed by atoms with Gasteiger partial charge in [0.25, 0.3) is 0 Å². The third-order valence-corrected chi connectivity index (χ3v) is 4.65. The van der Waals surface area contributed by atoms with Crippen molar-refractivity contribution >= 4 is 22.8 Å². The van der Waals surface area contributed by atoms with Crippen molar-refractivity contribution in [1.82, 2.24) is 0 Å². The Balaban J connectivity index is 1.78. The van der Waals surface area contributed by atoms with Crippen LogP contribution in [0.2, 0.25) is 0 Å². The maximum absolute atomic E-state index is 10.7. The molecular formula is C25H18O5. The number of rotatable bonds is 5. The van der Waals surface area contributed by atoms with Crippen LogP contribution in [-0.4, -0.2) is 21.3 Å². The zero-order valence-corrected chi connectivity index (χ0v) is 15.8. The van der Waals surface area contributed by atoms with E-state index in [-0.39, 0.29) is 11.5 Å². The smallest absolute Gasteiger partial charge is 0.328 e. The minimum Gasteiger partial charge on any atom is -0.508 e. The van der Waals surface area contributed by atoms with E-state index in [1.54, 1.807) is 54.6 Å². The Morgan fingerprint density at radius 1 is 0.800 bits per heavy atom. The first-order valence-corrected chi connectivity index (χ1v) is 9.24. The third-order valence-electron chi connectivity index (χ3n) is 4.65. The molecule has 148 valence electrons. The number of carboxylic acids is 1. The second-order valence-electron chi connectivity index (χ2n) is 6.74. The Labute approximate surface area is 172 Å². The lowest BCUT2D eigenvalue weighted by molar-refractivity contribution is -0.131. The van der Waals surface area contributed by atoms with E-state index in [1.807, 2.05) is 24.3 Å². The first-order chi connectivity index (χ1) is 14.5. The summed E-state index contributed by atoms with van der Waals surface area (Å²) in [5, 5.41) is 29.9. The third kappa shape index (κ3) is 4.10. The lowest BCUT2D eigenvalue weighted by Crippen LogP contribution is -1.91. The van der Waals surface area contributed by atoms with Gasteiger partial charge in [-0.1, -0.05) is 30.3 Å². The van der Waals surface area contributed by atoms with E-state index >= 15 is 0 Å². The molecule has 0 atom stereocenters. The number of fused-ring (bicyclic) bond motifs is 1. The van der Waals surface area contributed by atoms with Crippen LogP contribution in [0.25, 0.3) is 28.0 Å². The van der Waals surface area contributed by atoms with Gasteiger partial charge < -0.3 is 20.1 Å². The fraction of sp³-hybridized carbons (Fsp3) is 0. The number of hydrogen-bond acceptors (Lipinski definition) is 4. The summed E-state index contributed by atoms with van der Waals surface area (Å²) < 4.78 is 6.24. The lowest BCUT2D eigenvalue weighted by atomic mass is 9.99. The van der Waals surface area contributed by atoms with Crippen molar-refractivity contribution in [2.75, 3.05) is 0 Å². The fourth-order valence-electron chi connectivity index (χ4n) is 3.20. The molecule has 0 aliphatic rings. The molecule has 0 aromatic heterocycles. The van der Waals surface area contributed by atoms with Crippen molar-refractivity contribution < 1.29 is 24.9 Å². The summed E-state index contributed by atoms with van der Waals surface area (Å²) in [6, 6.07) is 22.8. The average molecular weight is 398 g/mol. The molecule has 0 aliphatic carbocycles. The molecule has 0 saturated heterocycles. The van der Waals surface area contributed by atoms with Gasteiger partial charge in [0.05, 0.1) is 0 Å². The van der Waals surface area contributed by atoms with E-state index in [4.69, 9.17) is 9.84 Å². The summed E-state index contributed by atoms with van der Waals surface area (Å²) in [6.07, 6.45) is 2.59. The van der Waals surface area contributed by atoms with Gasteiger partial charge >= 0.3 is 5.97 Å². The van der Waals surface area contributed by atoms with Crippen molar-refractivity contribution in [2.24, 2.45) is 0 Å². The molecule has 0 heterocycles. The Hall–Kier alpha value is -4.25. The molecule has 0 aliphatic heterocycles. The Bertz CT molecular complexity index is 1240. The molecule has 4 rings (SSSR count). The standard InChI is InChI=1S/C25H18O5/c26-19-7-4-17(5-8-19)22-12-6-18-15-20(27)9-13-23(18)25(22)30-21-10-1-16(2-11-21)3-14-24(28)29/h1-15,26-27H,(H,28,29). The van der Waals surface area contributed by atoms with E-state index in [1.165, 1.54) is 6.08 Å². The molecule has 3 N–H and O–H groups in total. The molecule has 0 fully saturated rings. The number of hydrogen-bond donors (Lipinski definition) is 3. The molecule has 0 spiro atoms. The highest BCUT2D eigenvalue weighted by molar-refractivity contribution is 5.96. The van der Waals surface area contributed by atoms with Gasteiger partial charge in [0, 0.05) is 17.0 Å². The van der Waals surface area contributed by atoms with Gasteiger partial charge in [-0.2, -0.15) is 0 Å². The number of aromatic hydroxyl groups is 2. The summed E-state index contributed by atoms with van der Waals surface area (Å²) in [5.41, 5.74) is 2.45.